The first-order chi connectivity index (χ1) is 6.18. The Morgan fingerprint density at radius 3 is 3.00 bits per heavy atom. The molecule has 0 aliphatic carbocycles. The third-order valence-electron chi connectivity index (χ3n) is 2.31. The molecular weight excluding hydrogens is 297 g/mol. The maximum Gasteiger partial charge on any atom is 0.135 e. The molecule has 1 fully saturated rings. The summed E-state index contributed by atoms with van der Waals surface area (Å²) >= 11 is 4.22. The number of nitrogen functional groups attached to an aromatic ring is 1. The van der Waals surface area contributed by atoms with Gasteiger partial charge in [-0.2, -0.15) is 16.9 Å². The smallest absolute Gasteiger partial charge is 0.135 e. The molecule has 0 spiro atoms. The van der Waals surface area contributed by atoms with E-state index < -0.39 is 0 Å². The second kappa shape index (κ2) is 3.68. The summed E-state index contributed by atoms with van der Waals surface area (Å²) in [4.78, 5) is 0. The van der Waals surface area contributed by atoms with Crippen LogP contribution in [-0.2, 0) is 0 Å². The van der Waals surface area contributed by atoms with Crippen molar-refractivity contribution in [2.45, 2.75) is 24.6 Å². The van der Waals surface area contributed by atoms with Crippen LogP contribution in [0.3, 0.4) is 0 Å². The Morgan fingerprint density at radius 2 is 2.54 bits per heavy atom. The number of rotatable bonds is 1. The number of thioether (sulfide) groups is 1. The first kappa shape index (κ1) is 9.64. The molecule has 0 radical (unpaired) electrons. The molecule has 2 unspecified atom stereocenters. The lowest BCUT2D eigenvalue weighted by molar-refractivity contribution is 0.491. The minimum Gasteiger partial charge on any atom is -0.383 e. The lowest BCUT2D eigenvalue weighted by atomic mass is 10.2. The van der Waals surface area contributed by atoms with Crippen molar-refractivity contribution >= 4 is 40.2 Å². The minimum absolute atomic E-state index is 0.503. The Kier molecular flexibility index (Phi) is 2.73. The van der Waals surface area contributed by atoms with Gasteiger partial charge in [-0.3, -0.25) is 0 Å². The Labute approximate surface area is 95.6 Å². The number of halogens is 1. The van der Waals surface area contributed by atoms with Crippen molar-refractivity contribution < 1.29 is 0 Å². The van der Waals surface area contributed by atoms with Crippen LogP contribution in [0.5, 0.6) is 0 Å². The van der Waals surface area contributed by atoms with Crippen molar-refractivity contribution in [3.05, 3.63) is 9.77 Å². The molecular formula is C8H12IN3S. The van der Waals surface area contributed by atoms with Gasteiger partial charge in [-0.05, 0) is 29.0 Å². The zero-order valence-corrected chi connectivity index (χ0v) is 10.4. The molecule has 2 atom stereocenters. The Hall–Kier alpha value is 0.0900. The maximum absolute atomic E-state index is 5.91. The van der Waals surface area contributed by atoms with E-state index in [0.29, 0.717) is 6.04 Å². The zero-order valence-electron chi connectivity index (χ0n) is 7.40. The van der Waals surface area contributed by atoms with Crippen molar-refractivity contribution in [2.75, 3.05) is 11.5 Å². The molecule has 1 saturated heterocycles. The molecule has 2 N–H and O–H groups in total. The maximum atomic E-state index is 5.91. The van der Waals surface area contributed by atoms with Gasteiger partial charge in [0.05, 0.1) is 15.8 Å². The van der Waals surface area contributed by atoms with Crippen LogP contribution in [0.4, 0.5) is 5.82 Å². The van der Waals surface area contributed by atoms with Gasteiger partial charge in [0.15, 0.2) is 0 Å². The standard InChI is InChI=1S/C8H12IN3S/c1-5-2-6(4-13-5)12-8(10)7(9)3-11-12/h3,5-6H,2,4,10H2,1H3. The Balaban J connectivity index is 2.21. The van der Waals surface area contributed by atoms with E-state index in [9.17, 15) is 0 Å². The quantitative estimate of drug-likeness (QED) is 0.808. The molecule has 2 rings (SSSR count). The summed E-state index contributed by atoms with van der Waals surface area (Å²) in [6.07, 6.45) is 3.02. The van der Waals surface area contributed by atoms with Crippen LogP contribution in [-0.4, -0.2) is 20.8 Å². The lowest BCUT2D eigenvalue weighted by Gasteiger charge is -2.11. The van der Waals surface area contributed by atoms with Crippen LogP contribution in [0.25, 0.3) is 0 Å². The van der Waals surface area contributed by atoms with E-state index in [4.69, 9.17) is 5.73 Å². The molecule has 13 heavy (non-hydrogen) atoms. The largest absolute Gasteiger partial charge is 0.383 e. The normalized spacial score (nSPS) is 28.2. The van der Waals surface area contributed by atoms with Crippen LogP contribution in [0.15, 0.2) is 6.20 Å². The highest BCUT2D eigenvalue weighted by atomic mass is 127. The molecule has 0 saturated carbocycles. The Morgan fingerprint density at radius 1 is 1.77 bits per heavy atom. The molecule has 3 nitrogen and oxygen atoms in total. The van der Waals surface area contributed by atoms with Gasteiger partial charge in [0, 0.05) is 11.0 Å². The van der Waals surface area contributed by atoms with E-state index in [1.165, 1.54) is 6.42 Å². The average molecular weight is 309 g/mol. The van der Waals surface area contributed by atoms with Crippen LogP contribution >= 0.6 is 34.4 Å². The molecule has 1 aromatic rings. The van der Waals surface area contributed by atoms with Crippen LogP contribution < -0.4 is 5.73 Å². The number of hydrogen-bond donors (Lipinski definition) is 1. The van der Waals surface area contributed by atoms with Gasteiger partial charge in [0.1, 0.15) is 5.82 Å². The fourth-order valence-corrected chi connectivity index (χ4v) is 3.16. The highest BCUT2D eigenvalue weighted by molar-refractivity contribution is 14.1. The molecule has 0 aromatic carbocycles. The molecule has 0 amide bonds. The van der Waals surface area contributed by atoms with E-state index in [1.807, 2.05) is 22.6 Å². The number of nitrogens with two attached hydrogens (primary N) is 1. The number of nitrogens with zero attached hydrogens (tertiary/aromatic N) is 2. The van der Waals surface area contributed by atoms with Gasteiger partial charge in [0.2, 0.25) is 0 Å². The fourth-order valence-electron chi connectivity index (χ4n) is 1.61. The number of anilines is 1. The van der Waals surface area contributed by atoms with Crippen LogP contribution in [0.2, 0.25) is 0 Å². The van der Waals surface area contributed by atoms with Crippen LogP contribution in [0.1, 0.15) is 19.4 Å². The zero-order chi connectivity index (χ0) is 9.42. The topological polar surface area (TPSA) is 43.8 Å². The summed E-state index contributed by atoms with van der Waals surface area (Å²) in [5.41, 5.74) is 5.91. The van der Waals surface area contributed by atoms with Gasteiger partial charge in [-0.25, -0.2) is 4.68 Å². The second-order valence-corrected chi connectivity index (χ2v) is 5.99. The molecule has 72 valence electrons. The summed E-state index contributed by atoms with van der Waals surface area (Å²) in [5, 5.41) is 5.04. The minimum atomic E-state index is 0.503. The molecule has 1 aliphatic heterocycles. The molecule has 5 heteroatoms. The molecule has 1 aliphatic rings. The van der Waals surface area contributed by atoms with Gasteiger partial charge in [0.25, 0.3) is 0 Å². The van der Waals surface area contributed by atoms with Gasteiger partial charge in [-0.15, -0.1) is 0 Å². The Bertz CT molecular complexity index is 312. The summed E-state index contributed by atoms with van der Waals surface area (Å²) < 4.78 is 3.03. The van der Waals surface area contributed by atoms with E-state index in [1.54, 1.807) is 0 Å². The van der Waals surface area contributed by atoms with Crippen molar-refractivity contribution in [3.8, 4) is 0 Å². The van der Waals surface area contributed by atoms with Crippen molar-refractivity contribution in [3.63, 3.8) is 0 Å². The van der Waals surface area contributed by atoms with E-state index >= 15 is 0 Å². The van der Waals surface area contributed by atoms with Gasteiger partial charge in [-0.1, -0.05) is 6.92 Å². The van der Waals surface area contributed by atoms with Crippen molar-refractivity contribution in [1.29, 1.82) is 0 Å². The van der Waals surface area contributed by atoms with E-state index in [-0.39, 0.29) is 0 Å². The van der Waals surface area contributed by atoms with Gasteiger partial charge >= 0.3 is 0 Å². The fraction of sp³-hybridized carbons (Fsp3) is 0.625. The predicted octanol–water partition coefficient (Wildman–Crippen LogP) is 2.14. The molecule has 0 bridgehead atoms. The lowest BCUT2D eigenvalue weighted by Crippen LogP contribution is -2.13. The highest BCUT2D eigenvalue weighted by Crippen LogP contribution is 2.35. The van der Waals surface area contributed by atoms with Crippen molar-refractivity contribution in [1.82, 2.24) is 9.78 Å². The van der Waals surface area contributed by atoms with E-state index in [2.05, 4.69) is 34.6 Å². The van der Waals surface area contributed by atoms with Crippen LogP contribution in [0, 0.1) is 3.57 Å². The molecule has 2 heterocycles. The number of hydrogen-bond acceptors (Lipinski definition) is 3. The van der Waals surface area contributed by atoms with E-state index in [0.717, 1.165) is 20.4 Å². The summed E-state index contributed by atoms with van der Waals surface area (Å²) in [7, 11) is 0. The highest BCUT2D eigenvalue weighted by Gasteiger charge is 2.25. The van der Waals surface area contributed by atoms with Gasteiger partial charge < -0.3 is 5.73 Å². The first-order valence-corrected chi connectivity index (χ1v) is 6.41. The number of aromatic nitrogens is 2. The third kappa shape index (κ3) is 1.81. The first-order valence-electron chi connectivity index (χ1n) is 4.28. The average Bonchev–Trinajstić information content (AvgIpc) is 2.62. The monoisotopic (exact) mass is 309 g/mol. The summed E-state index contributed by atoms with van der Waals surface area (Å²) in [6.45, 7) is 2.26. The SMILES string of the molecule is CC1CC(n2ncc(I)c2N)CS1. The molecule has 1 aromatic heterocycles. The third-order valence-corrected chi connectivity index (χ3v) is 4.48. The predicted molar refractivity (Wildman–Crippen MR) is 64.9 cm³/mol. The summed E-state index contributed by atoms with van der Waals surface area (Å²) in [5.74, 6) is 1.96. The summed E-state index contributed by atoms with van der Waals surface area (Å²) in [6, 6.07) is 0.503. The second-order valence-electron chi connectivity index (χ2n) is 3.36. The van der Waals surface area contributed by atoms with Crippen molar-refractivity contribution in [2.24, 2.45) is 0 Å².